The van der Waals surface area contributed by atoms with E-state index >= 15 is 0 Å². The van der Waals surface area contributed by atoms with Crippen molar-refractivity contribution in [2.45, 2.75) is 0 Å². The fourth-order valence-electron chi connectivity index (χ4n) is 7.43. The predicted molar refractivity (Wildman–Crippen MR) is 198 cm³/mol. The quantitative estimate of drug-likeness (QED) is 0.200. The molecule has 220 valence electrons. The summed E-state index contributed by atoms with van der Waals surface area (Å²) in [6.07, 6.45) is 0. The number of nitrogens with zero attached hydrogens (tertiary/aromatic N) is 2. The molecule has 0 atom stereocenters. The molecule has 2 aromatic heterocycles. The first-order valence-corrected chi connectivity index (χ1v) is 16.0. The highest BCUT2D eigenvalue weighted by molar-refractivity contribution is 6.16. The summed E-state index contributed by atoms with van der Waals surface area (Å²) < 4.78 is 8.89. The number of hydrogen-bond acceptors (Lipinski definition) is 2. The van der Waals surface area contributed by atoms with Gasteiger partial charge in [0.1, 0.15) is 11.2 Å². The smallest absolute Gasteiger partial charge is 0.143 e. The number of rotatable bonds is 4. The molecule has 0 fully saturated rings. The third kappa shape index (κ3) is 3.93. The molecular formula is C44H28N2O. The standard InChI is InChI=1S/C44H28N2O/c1-2-15-34-29(11-1)12-9-21-40(34)45(33-25-23-30-24-26-38-37-18-5-8-22-43(37)47-44(38)39(30)28-33)31-13-10-14-32(27-31)46-41-19-6-3-16-35(41)36-17-4-7-20-42(36)46/h1-28H. The van der Waals surface area contributed by atoms with Crippen LogP contribution in [0, 0.1) is 0 Å². The van der Waals surface area contributed by atoms with Gasteiger partial charge >= 0.3 is 0 Å². The maximum absolute atomic E-state index is 6.51. The van der Waals surface area contributed by atoms with Crippen molar-refractivity contribution in [2.75, 3.05) is 4.90 Å². The summed E-state index contributed by atoms with van der Waals surface area (Å²) in [4.78, 5) is 2.39. The van der Waals surface area contributed by atoms with Crippen molar-refractivity contribution in [3.05, 3.63) is 170 Å². The third-order valence-corrected chi connectivity index (χ3v) is 9.54. The van der Waals surface area contributed by atoms with Crippen molar-refractivity contribution in [1.82, 2.24) is 4.57 Å². The molecule has 0 aliphatic rings. The van der Waals surface area contributed by atoms with E-state index in [1.807, 2.05) is 12.1 Å². The SMILES string of the molecule is c1cc(N(c2ccc3ccc4c5ccccc5oc4c3c2)c2cccc3ccccc23)cc(-n2c3ccccc3c3ccccc32)c1. The fraction of sp³-hybridized carbons (Fsp3) is 0. The topological polar surface area (TPSA) is 21.3 Å². The fourth-order valence-corrected chi connectivity index (χ4v) is 7.43. The van der Waals surface area contributed by atoms with Gasteiger partial charge in [-0.2, -0.15) is 0 Å². The van der Waals surface area contributed by atoms with E-state index in [-0.39, 0.29) is 0 Å². The molecule has 0 spiro atoms. The van der Waals surface area contributed by atoms with Crippen LogP contribution in [0.2, 0.25) is 0 Å². The van der Waals surface area contributed by atoms with Gasteiger partial charge in [-0.15, -0.1) is 0 Å². The minimum Gasteiger partial charge on any atom is -0.455 e. The van der Waals surface area contributed by atoms with E-state index in [9.17, 15) is 0 Å². The van der Waals surface area contributed by atoms with Crippen LogP contribution in [0.3, 0.4) is 0 Å². The van der Waals surface area contributed by atoms with Crippen molar-refractivity contribution in [1.29, 1.82) is 0 Å². The summed E-state index contributed by atoms with van der Waals surface area (Å²) in [5, 5.41) is 9.42. The van der Waals surface area contributed by atoms with Crippen LogP contribution in [0.4, 0.5) is 17.1 Å². The van der Waals surface area contributed by atoms with E-state index in [2.05, 4.69) is 167 Å². The zero-order chi connectivity index (χ0) is 30.9. The lowest BCUT2D eigenvalue weighted by atomic mass is 10.0. The Morgan fingerprint density at radius 3 is 1.85 bits per heavy atom. The average Bonchev–Trinajstić information content (AvgIpc) is 3.68. The van der Waals surface area contributed by atoms with Crippen LogP contribution in [-0.2, 0) is 0 Å². The van der Waals surface area contributed by atoms with Crippen LogP contribution >= 0.6 is 0 Å². The molecule has 3 nitrogen and oxygen atoms in total. The molecule has 0 saturated carbocycles. The summed E-state index contributed by atoms with van der Waals surface area (Å²) in [6.45, 7) is 0. The van der Waals surface area contributed by atoms with Gasteiger partial charge in [-0.3, -0.25) is 0 Å². The second-order valence-electron chi connectivity index (χ2n) is 12.2. The molecule has 3 heteroatoms. The highest BCUT2D eigenvalue weighted by atomic mass is 16.3. The first kappa shape index (κ1) is 26.0. The summed E-state index contributed by atoms with van der Waals surface area (Å²) in [5.41, 5.74) is 8.61. The van der Waals surface area contributed by atoms with Crippen LogP contribution in [0.1, 0.15) is 0 Å². The van der Waals surface area contributed by atoms with E-state index in [4.69, 9.17) is 4.42 Å². The average molecular weight is 601 g/mol. The number of furan rings is 1. The van der Waals surface area contributed by atoms with Crippen LogP contribution in [0.5, 0.6) is 0 Å². The first-order valence-electron chi connectivity index (χ1n) is 16.0. The maximum Gasteiger partial charge on any atom is 0.143 e. The van der Waals surface area contributed by atoms with Gasteiger partial charge in [0, 0.05) is 49.4 Å². The van der Waals surface area contributed by atoms with Gasteiger partial charge in [-0.05, 0) is 71.4 Å². The van der Waals surface area contributed by atoms with Gasteiger partial charge < -0.3 is 13.9 Å². The predicted octanol–water partition coefficient (Wildman–Crippen LogP) is 12.5. The summed E-state index contributed by atoms with van der Waals surface area (Å²) in [7, 11) is 0. The third-order valence-electron chi connectivity index (χ3n) is 9.54. The van der Waals surface area contributed by atoms with E-state index in [0.29, 0.717) is 0 Å². The monoisotopic (exact) mass is 600 g/mol. The van der Waals surface area contributed by atoms with Gasteiger partial charge in [-0.1, -0.05) is 109 Å². The molecule has 0 bridgehead atoms. The molecule has 0 amide bonds. The Morgan fingerprint density at radius 2 is 1.02 bits per heavy atom. The number of hydrogen-bond donors (Lipinski definition) is 0. The number of para-hydroxylation sites is 3. The van der Waals surface area contributed by atoms with E-state index in [1.165, 1.54) is 32.6 Å². The van der Waals surface area contributed by atoms with Gasteiger partial charge in [0.15, 0.2) is 0 Å². The highest BCUT2D eigenvalue weighted by Gasteiger charge is 2.19. The normalized spacial score (nSPS) is 11.8. The Balaban J connectivity index is 1.25. The summed E-state index contributed by atoms with van der Waals surface area (Å²) >= 11 is 0. The number of benzene rings is 8. The zero-order valence-corrected chi connectivity index (χ0v) is 25.5. The lowest BCUT2D eigenvalue weighted by Gasteiger charge is -2.28. The van der Waals surface area contributed by atoms with Crippen LogP contribution in [0.25, 0.3) is 71.0 Å². The number of anilines is 3. The largest absolute Gasteiger partial charge is 0.455 e. The number of fused-ring (bicyclic) bond motifs is 9. The Hall–Kier alpha value is -6.32. The minimum absolute atomic E-state index is 0.908. The molecule has 0 aliphatic heterocycles. The van der Waals surface area contributed by atoms with E-state index in [1.54, 1.807) is 0 Å². The molecule has 8 aromatic carbocycles. The second kappa shape index (κ2) is 10.1. The molecule has 0 unspecified atom stereocenters. The van der Waals surface area contributed by atoms with Crippen molar-refractivity contribution in [2.24, 2.45) is 0 Å². The molecule has 47 heavy (non-hydrogen) atoms. The molecule has 2 heterocycles. The Bertz CT molecular complexity index is 2760. The first-order chi connectivity index (χ1) is 23.3. The Kier molecular flexibility index (Phi) is 5.57. The van der Waals surface area contributed by atoms with Gasteiger partial charge in [0.05, 0.1) is 16.7 Å². The zero-order valence-electron chi connectivity index (χ0n) is 25.5. The lowest BCUT2D eigenvalue weighted by molar-refractivity contribution is 0.672. The minimum atomic E-state index is 0.908. The van der Waals surface area contributed by atoms with Crippen molar-refractivity contribution in [3.8, 4) is 5.69 Å². The molecule has 0 radical (unpaired) electrons. The van der Waals surface area contributed by atoms with E-state index in [0.717, 1.165) is 55.5 Å². The molecule has 0 saturated heterocycles. The van der Waals surface area contributed by atoms with Gasteiger partial charge in [0.25, 0.3) is 0 Å². The summed E-state index contributed by atoms with van der Waals surface area (Å²) in [5.74, 6) is 0. The molecule has 10 rings (SSSR count). The maximum atomic E-state index is 6.51. The Labute approximate surface area is 271 Å². The lowest BCUT2D eigenvalue weighted by Crippen LogP contribution is -2.11. The van der Waals surface area contributed by atoms with Crippen molar-refractivity contribution >= 4 is 82.4 Å². The van der Waals surface area contributed by atoms with Crippen LogP contribution in [-0.4, -0.2) is 4.57 Å². The second-order valence-corrected chi connectivity index (χ2v) is 12.2. The van der Waals surface area contributed by atoms with Crippen molar-refractivity contribution in [3.63, 3.8) is 0 Å². The highest BCUT2D eigenvalue weighted by Crippen LogP contribution is 2.43. The summed E-state index contributed by atoms with van der Waals surface area (Å²) in [6, 6.07) is 60.9. The van der Waals surface area contributed by atoms with E-state index < -0.39 is 0 Å². The number of aromatic nitrogens is 1. The molecule has 10 aromatic rings. The van der Waals surface area contributed by atoms with Gasteiger partial charge in [-0.25, -0.2) is 0 Å². The van der Waals surface area contributed by atoms with Crippen LogP contribution in [0.15, 0.2) is 174 Å². The van der Waals surface area contributed by atoms with Crippen molar-refractivity contribution < 1.29 is 4.42 Å². The van der Waals surface area contributed by atoms with Crippen LogP contribution < -0.4 is 4.90 Å². The molecule has 0 aliphatic carbocycles. The van der Waals surface area contributed by atoms with Gasteiger partial charge in [0.2, 0.25) is 0 Å². The molecule has 0 N–H and O–H groups in total. The molecular weight excluding hydrogens is 572 g/mol. The Morgan fingerprint density at radius 1 is 0.404 bits per heavy atom.